The second-order valence-electron chi connectivity index (χ2n) is 7.07. The fraction of sp³-hybridized carbons (Fsp3) is 0.556. The van der Waals surface area contributed by atoms with Crippen molar-refractivity contribution in [2.24, 2.45) is 0 Å². The molecule has 0 radical (unpaired) electrons. The van der Waals surface area contributed by atoms with Crippen molar-refractivity contribution in [3.8, 4) is 5.75 Å². The van der Waals surface area contributed by atoms with Crippen LogP contribution >= 0.6 is 11.6 Å². The van der Waals surface area contributed by atoms with E-state index in [1.54, 1.807) is 9.80 Å². The highest BCUT2D eigenvalue weighted by atomic mass is 35.5. The molecule has 1 heterocycles. The van der Waals surface area contributed by atoms with Gasteiger partial charge in [-0.15, -0.1) is 0 Å². The van der Waals surface area contributed by atoms with Gasteiger partial charge in [-0.1, -0.05) is 11.6 Å². The number of halogens is 2. The molecule has 2 amide bonds. The number of amides is 2. The van der Waals surface area contributed by atoms with E-state index >= 15 is 0 Å². The molecule has 26 heavy (non-hydrogen) atoms. The van der Waals surface area contributed by atoms with Crippen molar-refractivity contribution in [2.45, 2.75) is 32.8 Å². The molecule has 2 rings (SSSR count). The van der Waals surface area contributed by atoms with Gasteiger partial charge >= 0.3 is 6.09 Å². The third-order valence-electron chi connectivity index (χ3n) is 3.75. The number of hydrogen-bond acceptors (Lipinski definition) is 4. The summed E-state index contributed by atoms with van der Waals surface area (Å²) in [6, 6.07) is 3.74. The summed E-state index contributed by atoms with van der Waals surface area (Å²) in [4.78, 5) is 27.8. The van der Waals surface area contributed by atoms with Gasteiger partial charge in [0.2, 0.25) is 0 Å². The van der Waals surface area contributed by atoms with Gasteiger partial charge in [-0.05, 0) is 45.4 Å². The highest BCUT2D eigenvalue weighted by Gasteiger charge is 2.26. The molecule has 8 heteroatoms. The Morgan fingerprint density at radius 2 is 1.81 bits per heavy atom. The predicted molar refractivity (Wildman–Crippen MR) is 95.9 cm³/mol. The molecule has 0 aromatic heterocycles. The second-order valence-corrected chi connectivity index (χ2v) is 7.47. The first-order valence-corrected chi connectivity index (χ1v) is 8.87. The average molecular weight is 387 g/mol. The molecule has 0 bridgehead atoms. The normalized spacial score (nSPS) is 15.4. The van der Waals surface area contributed by atoms with Gasteiger partial charge in [0.05, 0.1) is 5.02 Å². The van der Waals surface area contributed by atoms with Crippen molar-refractivity contribution >= 4 is 23.6 Å². The molecule has 6 nitrogen and oxygen atoms in total. The zero-order valence-corrected chi connectivity index (χ0v) is 16.0. The molecule has 0 atom stereocenters. The van der Waals surface area contributed by atoms with Crippen molar-refractivity contribution in [1.82, 2.24) is 9.80 Å². The summed E-state index contributed by atoms with van der Waals surface area (Å²) in [6.07, 6.45) is 0.281. The first kappa shape index (κ1) is 20.3. The van der Waals surface area contributed by atoms with Crippen LogP contribution in [0.5, 0.6) is 5.75 Å². The Morgan fingerprint density at radius 1 is 1.15 bits per heavy atom. The number of ether oxygens (including phenoxy) is 2. The highest BCUT2D eigenvalue weighted by Crippen LogP contribution is 2.24. The summed E-state index contributed by atoms with van der Waals surface area (Å²) in [6.45, 7) is 7.11. The summed E-state index contributed by atoms with van der Waals surface area (Å²) in [7, 11) is 0. The SMILES string of the molecule is CC(C)(C)OC(=O)N1CCCN(C(=O)COc2ccc(F)cc2Cl)CC1. The van der Waals surface area contributed by atoms with Crippen LogP contribution in [-0.4, -0.2) is 60.2 Å². The maximum atomic E-state index is 13.0. The maximum absolute atomic E-state index is 13.0. The number of hydrogen-bond donors (Lipinski definition) is 0. The van der Waals surface area contributed by atoms with Crippen LogP contribution in [-0.2, 0) is 9.53 Å². The van der Waals surface area contributed by atoms with E-state index in [-0.39, 0.29) is 29.4 Å². The van der Waals surface area contributed by atoms with Gasteiger partial charge in [0.25, 0.3) is 5.91 Å². The lowest BCUT2D eigenvalue weighted by molar-refractivity contribution is -0.133. The Kier molecular flexibility index (Phi) is 6.69. The molecular weight excluding hydrogens is 363 g/mol. The van der Waals surface area contributed by atoms with Crippen molar-refractivity contribution in [3.63, 3.8) is 0 Å². The fourth-order valence-corrected chi connectivity index (χ4v) is 2.72. The van der Waals surface area contributed by atoms with Gasteiger partial charge in [-0.25, -0.2) is 9.18 Å². The zero-order valence-electron chi connectivity index (χ0n) is 15.3. The summed E-state index contributed by atoms with van der Waals surface area (Å²) >= 11 is 5.88. The average Bonchev–Trinajstić information content (AvgIpc) is 2.78. The molecule has 1 saturated heterocycles. The Balaban J connectivity index is 1.86. The maximum Gasteiger partial charge on any atom is 0.410 e. The van der Waals surface area contributed by atoms with Crippen LogP contribution in [0.25, 0.3) is 0 Å². The molecule has 0 spiro atoms. The van der Waals surface area contributed by atoms with E-state index in [2.05, 4.69) is 0 Å². The summed E-state index contributed by atoms with van der Waals surface area (Å²) in [5.41, 5.74) is -0.554. The fourth-order valence-electron chi connectivity index (χ4n) is 2.50. The number of rotatable bonds is 3. The molecule has 1 fully saturated rings. The van der Waals surface area contributed by atoms with E-state index in [0.717, 1.165) is 6.07 Å². The third-order valence-corrected chi connectivity index (χ3v) is 4.04. The number of carbonyl (C=O) groups is 2. The molecule has 1 aromatic rings. The number of nitrogens with zero attached hydrogens (tertiary/aromatic N) is 2. The van der Waals surface area contributed by atoms with Crippen molar-refractivity contribution in [3.05, 3.63) is 29.0 Å². The van der Waals surface area contributed by atoms with Gasteiger partial charge in [0.1, 0.15) is 17.2 Å². The lowest BCUT2D eigenvalue weighted by Crippen LogP contribution is -2.41. The van der Waals surface area contributed by atoms with E-state index in [1.807, 2.05) is 20.8 Å². The molecule has 1 aliphatic rings. The molecule has 0 unspecified atom stereocenters. The van der Waals surface area contributed by atoms with E-state index in [1.165, 1.54) is 12.1 Å². The molecule has 0 aliphatic carbocycles. The number of carbonyl (C=O) groups excluding carboxylic acids is 2. The zero-order chi connectivity index (χ0) is 19.3. The molecular formula is C18H24ClFN2O4. The minimum Gasteiger partial charge on any atom is -0.482 e. The largest absolute Gasteiger partial charge is 0.482 e. The molecule has 1 aromatic carbocycles. The standard InChI is InChI=1S/C18H24ClFN2O4/c1-18(2,3)26-17(24)22-8-4-7-21(9-10-22)16(23)12-25-15-6-5-13(20)11-14(15)19/h5-6,11H,4,7-10,12H2,1-3H3. The van der Waals surface area contributed by atoms with E-state index in [4.69, 9.17) is 21.1 Å². The van der Waals surface area contributed by atoms with Crippen LogP contribution in [0, 0.1) is 5.82 Å². The van der Waals surface area contributed by atoms with E-state index < -0.39 is 11.4 Å². The van der Waals surface area contributed by atoms with Crippen LogP contribution in [0.4, 0.5) is 9.18 Å². The minimum atomic E-state index is -0.554. The lowest BCUT2D eigenvalue weighted by Gasteiger charge is -2.26. The summed E-state index contributed by atoms with van der Waals surface area (Å²) in [5.74, 6) is -0.425. The van der Waals surface area contributed by atoms with Crippen LogP contribution in [0.15, 0.2) is 18.2 Å². The summed E-state index contributed by atoms with van der Waals surface area (Å²) in [5, 5.41) is 0.116. The topological polar surface area (TPSA) is 59.1 Å². The Labute approximate surface area is 157 Å². The molecule has 0 N–H and O–H groups in total. The Bertz CT molecular complexity index is 663. The number of benzene rings is 1. The quantitative estimate of drug-likeness (QED) is 0.799. The van der Waals surface area contributed by atoms with Gasteiger partial charge in [-0.2, -0.15) is 0 Å². The van der Waals surface area contributed by atoms with Crippen molar-refractivity contribution in [1.29, 1.82) is 0 Å². The molecule has 0 saturated carbocycles. The van der Waals surface area contributed by atoms with Crippen LogP contribution in [0.3, 0.4) is 0 Å². The third kappa shape index (κ3) is 6.05. The first-order chi connectivity index (χ1) is 12.2. The van der Waals surface area contributed by atoms with E-state index in [9.17, 15) is 14.0 Å². The Morgan fingerprint density at radius 3 is 2.46 bits per heavy atom. The van der Waals surface area contributed by atoms with Crippen LogP contribution < -0.4 is 4.74 Å². The van der Waals surface area contributed by atoms with Gasteiger partial charge in [-0.3, -0.25) is 4.79 Å². The highest BCUT2D eigenvalue weighted by molar-refractivity contribution is 6.32. The smallest absolute Gasteiger partial charge is 0.410 e. The van der Waals surface area contributed by atoms with E-state index in [0.29, 0.717) is 32.6 Å². The molecule has 144 valence electrons. The predicted octanol–water partition coefficient (Wildman–Crippen LogP) is 3.33. The van der Waals surface area contributed by atoms with Crippen molar-refractivity contribution in [2.75, 3.05) is 32.8 Å². The Hall–Kier alpha value is -2.02. The second kappa shape index (κ2) is 8.58. The van der Waals surface area contributed by atoms with Crippen LogP contribution in [0.1, 0.15) is 27.2 Å². The summed E-state index contributed by atoms with van der Waals surface area (Å²) < 4.78 is 23.8. The van der Waals surface area contributed by atoms with Crippen LogP contribution in [0.2, 0.25) is 5.02 Å². The first-order valence-electron chi connectivity index (χ1n) is 8.49. The lowest BCUT2D eigenvalue weighted by atomic mass is 10.2. The monoisotopic (exact) mass is 386 g/mol. The minimum absolute atomic E-state index is 0.116. The van der Waals surface area contributed by atoms with Crippen molar-refractivity contribution < 1.29 is 23.5 Å². The molecule has 1 aliphatic heterocycles. The van der Waals surface area contributed by atoms with Gasteiger partial charge < -0.3 is 19.3 Å². The van der Waals surface area contributed by atoms with Gasteiger partial charge in [0, 0.05) is 26.2 Å². The van der Waals surface area contributed by atoms with Gasteiger partial charge in [0.15, 0.2) is 6.61 Å².